The topological polar surface area (TPSA) is 307 Å². The molecule has 0 spiro atoms. The van der Waals surface area contributed by atoms with E-state index in [4.69, 9.17) is 28.4 Å². The first-order valence-electron chi connectivity index (χ1n) is 30.4. The van der Waals surface area contributed by atoms with Gasteiger partial charge in [-0.3, -0.25) is 4.79 Å². The molecule has 0 aromatic carbocycles. The van der Waals surface area contributed by atoms with Crippen molar-refractivity contribution < 1.29 is 89.4 Å². The van der Waals surface area contributed by atoms with E-state index in [1.807, 2.05) is 6.08 Å². The summed E-state index contributed by atoms with van der Waals surface area (Å²) >= 11 is 0. The Balaban J connectivity index is 1.52. The van der Waals surface area contributed by atoms with Crippen molar-refractivity contribution in [3.05, 3.63) is 48.6 Å². The largest absolute Gasteiger partial charge is 0.394 e. The number of rotatable bonds is 44. The molecule has 0 aliphatic carbocycles. The zero-order chi connectivity index (χ0) is 57.6. The molecule has 17 unspecified atom stereocenters. The fourth-order valence-corrected chi connectivity index (χ4v) is 10.1. The maximum absolute atomic E-state index is 13.3. The molecular weight excluding hydrogens is 1020 g/mol. The van der Waals surface area contributed by atoms with Gasteiger partial charge in [-0.15, -0.1) is 0 Å². The first kappa shape index (κ1) is 71.0. The molecule has 3 saturated heterocycles. The minimum atomic E-state index is -1.98. The molecule has 1 amide bonds. The van der Waals surface area contributed by atoms with Crippen molar-refractivity contribution in [1.82, 2.24) is 5.32 Å². The molecule has 0 aromatic rings. The zero-order valence-electron chi connectivity index (χ0n) is 47.8. The summed E-state index contributed by atoms with van der Waals surface area (Å²) in [6.45, 7) is 1.66. The Hall–Kier alpha value is -2.25. The quantitative estimate of drug-likeness (QED) is 0.0265. The summed E-state index contributed by atoms with van der Waals surface area (Å²) in [5.41, 5.74) is 0. The van der Waals surface area contributed by atoms with Crippen LogP contribution in [0.5, 0.6) is 0 Å². The second-order valence-corrected chi connectivity index (χ2v) is 21.8. The van der Waals surface area contributed by atoms with Crippen LogP contribution in [0.15, 0.2) is 48.6 Å². The second kappa shape index (κ2) is 43.4. The second-order valence-electron chi connectivity index (χ2n) is 21.8. The average Bonchev–Trinajstić information content (AvgIpc) is 3.54. The van der Waals surface area contributed by atoms with Gasteiger partial charge in [0.2, 0.25) is 5.91 Å². The molecule has 3 heterocycles. The lowest BCUT2D eigenvalue weighted by Gasteiger charge is -2.48. The third-order valence-corrected chi connectivity index (χ3v) is 15.1. The number of aliphatic hydroxyl groups excluding tert-OH is 11. The van der Waals surface area contributed by atoms with Crippen molar-refractivity contribution in [2.24, 2.45) is 0 Å². The maximum Gasteiger partial charge on any atom is 0.220 e. The normalized spacial score (nSPS) is 30.6. The number of carbonyl (C=O) groups excluding carboxylic acids is 1. The lowest BCUT2D eigenvalue weighted by Crippen LogP contribution is -2.66. The third-order valence-electron chi connectivity index (χ3n) is 15.1. The van der Waals surface area contributed by atoms with Crippen LogP contribution in [-0.2, 0) is 33.2 Å². The number of unbranched alkanes of at least 4 members (excludes halogenated alkanes) is 22. The molecule has 17 atom stereocenters. The minimum Gasteiger partial charge on any atom is -0.394 e. The van der Waals surface area contributed by atoms with Gasteiger partial charge in [0.05, 0.1) is 38.6 Å². The number of hydrogen-bond acceptors (Lipinski definition) is 18. The summed E-state index contributed by atoms with van der Waals surface area (Å²) in [5, 5.41) is 120. The van der Waals surface area contributed by atoms with E-state index in [2.05, 4.69) is 55.6 Å². The lowest BCUT2D eigenvalue weighted by atomic mass is 9.96. The van der Waals surface area contributed by atoms with Gasteiger partial charge < -0.3 is 89.9 Å². The molecule has 3 rings (SSSR count). The molecule has 19 nitrogen and oxygen atoms in total. The summed E-state index contributed by atoms with van der Waals surface area (Å²) in [4.78, 5) is 13.3. The predicted molar refractivity (Wildman–Crippen MR) is 300 cm³/mol. The molecule has 0 aromatic heterocycles. The van der Waals surface area contributed by atoms with Gasteiger partial charge in [-0.05, 0) is 64.2 Å². The molecule has 0 bridgehead atoms. The number of hydrogen-bond donors (Lipinski definition) is 12. The number of amides is 1. The van der Waals surface area contributed by atoms with Gasteiger partial charge in [-0.2, -0.15) is 0 Å². The Bertz CT molecular complexity index is 1630. The Kier molecular flexibility index (Phi) is 39.0. The Morgan fingerprint density at radius 2 is 0.848 bits per heavy atom. The molecule has 3 aliphatic heterocycles. The molecular formula is C60H107NO18. The SMILES string of the molecule is CCCCC/C=C\C/C=C\CCCCCCCCCC(=O)NC(COC1OC(CO)C(OC2OC(CO)C(OC3OC(CO)C(O)C(O)C3O)C(O)C2O)C(O)C1O)C(O)/C=C/CC/C=C/CCCCCCCCCCCCC. The molecule has 3 fully saturated rings. The predicted octanol–water partition coefficient (Wildman–Crippen LogP) is 5.48. The van der Waals surface area contributed by atoms with Crippen molar-refractivity contribution in [2.45, 2.75) is 298 Å². The van der Waals surface area contributed by atoms with E-state index in [0.717, 1.165) is 77.0 Å². The van der Waals surface area contributed by atoms with Crippen LogP contribution in [0.4, 0.5) is 0 Å². The molecule has 19 heteroatoms. The molecule has 3 aliphatic rings. The van der Waals surface area contributed by atoms with Crippen LogP contribution in [0.25, 0.3) is 0 Å². The van der Waals surface area contributed by atoms with E-state index in [1.54, 1.807) is 6.08 Å². The molecule has 0 saturated carbocycles. The van der Waals surface area contributed by atoms with Gasteiger partial charge in [-0.25, -0.2) is 0 Å². The summed E-state index contributed by atoms with van der Waals surface area (Å²) in [6.07, 6.45) is 20.9. The van der Waals surface area contributed by atoms with Crippen LogP contribution >= 0.6 is 0 Å². The first-order chi connectivity index (χ1) is 38.3. The summed E-state index contributed by atoms with van der Waals surface area (Å²) in [5.74, 6) is -0.295. The van der Waals surface area contributed by atoms with Crippen LogP contribution in [0.3, 0.4) is 0 Å². The maximum atomic E-state index is 13.3. The fraction of sp³-hybridized carbons (Fsp3) is 0.850. The van der Waals surface area contributed by atoms with Crippen molar-refractivity contribution >= 4 is 5.91 Å². The van der Waals surface area contributed by atoms with Gasteiger partial charge in [0.15, 0.2) is 18.9 Å². The van der Waals surface area contributed by atoms with Gasteiger partial charge in [0, 0.05) is 6.42 Å². The highest BCUT2D eigenvalue weighted by Gasteiger charge is 2.53. The summed E-state index contributed by atoms with van der Waals surface area (Å²) in [6, 6.07) is -0.994. The van der Waals surface area contributed by atoms with E-state index < -0.39 is 124 Å². The van der Waals surface area contributed by atoms with Crippen LogP contribution in [0.2, 0.25) is 0 Å². The van der Waals surface area contributed by atoms with Gasteiger partial charge in [0.25, 0.3) is 0 Å². The summed E-state index contributed by atoms with van der Waals surface area (Å²) in [7, 11) is 0. The van der Waals surface area contributed by atoms with E-state index in [-0.39, 0.29) is 18.9 Å². The van der Waals surface area contributed by atoms with E-state index in [1.165, 1.54) is 83.5 Å². The van der Waals surface area contributed by atoms with Crippen LogP contribution in [-0.4, -0.2) is 193 Å². The van der Waals surface area contributed by atoms with Gasteiger partial charge in [-0.1, -0.05) is 172 Å². The van der Waals surface area contributed by atoms with E-state index >= 15 is 0 Å². The monoisotopic (exact) mass is 1130 g/mol. The Morgan fingerprint density at radius 1 is 0.456 bits per heavy atom. The smallest absolute Gasteiger partial charge is 0.220 e. The molecule has 12 N–H and O–H groups in total. The van der Waals surface area contributed by atoms with Crippen molar-refractivity contribution in [3.63, 3.8) is 0 Å². The zero-order valence-corrected chi connectivity index (χ0v) is 47.8. The standard InChI is InChI=1S/C60H107NO18/c1-3-5-7-9-11-13-15-17-19-21-23-25-27-29-31-33-35-37-44(65)43(61-48(66)38-36-34-32-30-28-26-24-22-20-18-16-14-12-10-8-6-4-2)42-74-58-54(72)51(69)56(46(40-63)76-58)79-60-55(73)52(70)57(47(41-64)77-60)78-59-53(71)50(68)49(67)45(39-62)75-59/h12,14,18,20,27,29,35,37,43-47,49-60,62-65,67-73H,3-11,13,15-17,19,21-26,28,30-34,36,38-42H2,1-2H3,(H,61,66)/b14-12-,20-18-,29-27+,37-35+. The number of nitrogens with one attached hydrogen (secondary N) is 1. The van der Waals surface area contributed by atoms with Crippen LogP contribution in [0, 0.1) is 0 Å². The van der Waals surface area contributed by atoms with Crippen molar-refractivity contribution in [2.75, 3.05) is 26.4 Å². The summed E-state index contributed by atoms with van der Waals surface area (Å²) < 4.78 is 34.2. The fourth-order valence-electron chi connectivity index (χ4n) is 10.1. The van der Waals surface area contributed by atoms with E-state index in [9.17, 15) is 61.0 Å². The average molecular weight is 1130 g/mol. The number of ether oxygens (including phenoxy) is 6. The van der Waals surface area contributed by atoms with Gasteiger partial charge >= 0.3 is 0 Å². The van der Waals surface area contributed by atoms with Crippen molar-refractivity contribution in [3.8, 4) is 0 Å². The number of carbonyl (C=O) groups is 1. The van der Waals surface area contributed by atoms with Crippen LogP contribution in [0.1, 0.15) is 194 Å². The highest BCUT2D eigenvalue weighted by Crippen LogP contribution is 2.33. The first-order valence-corrected chi connectivity index (χ1v) is 30.4. The molecule has 460 valence electrons. The van der Waals surface area contributed by atoms with Crippen LogP contribution < -0.4 is 5.32 Å². The number of allylic oxidation sites excluding steroid dienone is 7. The third kappa shape index (κ3) is 27.3. The lowest BCUT2D eigenvalue weighted by molar-refractivity contribution is -0.379. The van der Waals surface area contributed by atoms with Crippen molar-refractivity contribution in [1.29, 1.82) is 0 Å². The minimum absolute atomic E-state index is 0.225. The highest BCUT2D eigenvalue weighted by molar-refractivity contribution is 5.76. The highest BCUT2D eigenvalue weighted by atomic mass is 16.8. The molecule has 0 radical (unpaired) electrons. The Morgan fingerprint density at radius 3 is 1.37 bits per heavy atom. The van der Waals surface area contributed by atoms with E-state index in [0.29, 0.717) is 12.8 Å². The molecule has 79 heavy (non-hydrogen) atoms. The number of aliphatic hydroxyl groups is 11. The van der Waals surface area contributed by atoms with Gasteiger partial charge in [0.1, 0.15) is 73.2 Å². The Labute approximate surface area is 472 Å².